The van der Waals surface area contributed by atoms with E-state index in [0.717, 1.165) is 25.0 Å². The van der Waals surface area contributed by atoms with Crippen LogP contribution in [0.4, 0.5) is 4.79 Å². The summed E-state index contributed by atoms with van der Waals surface area (Å²) in [5, 5.41) is 2.91. The predicted molar refractivity (Wildman–Crippen MR) is 69.3 cm³/mol. The minimum absolute atomic E-state index is 0.0233. The highest BCUT2D eigenvalue weighted by molar-refractivity contribution is 5.68. The van der Waals surface area contributed by atoms with Crippen molar-refractivity contribution < 1.29 is 9.53 Å². The molecule has 0 fully saturated rings. The van der Waals surface area contributed by atoms with Gasteiger partial charge in [0, 0.05) is 6.20 Å². The van der Waals surface area contributed by atoms with Gasteiger partial charge in [-0.15, -0.1) is 0 Å². The van der Waals surface area contributed by atoms with Crippen LogP contribution in [0.5, 0.6) is 0 Å². The number of aryl methyl sites for hydroxylation is 1. The van der Waals surface area contributed by atoms with Gasteiger partial charge in [-0.3, -0.25) is 4.98 Å². The molecule has 0 aliphatic heterocycles. The fraction of sp³-hybridized carbons (Fsp3) is 0.571. The van der Waals surface area contributed by atoms with E-state index < -0.39 is 5.60 Å². The zero-order chi connectivity index (χ0) is 13.2. The smallest absolute Gasteiger partial charge is 0.408 e. The summed E-state index contributed by atoms with van der Waals surface area (Å²) >= 11 is 0. The Balaban J connectivity index is 2.05. The van der Waals surface area contributed by atoms with Crippen molar-refractivity contribution in [1.82, 2.24) is 10.3 Å². The molecule has 1 N–H and O–H groups in total. The molecule has 0 aromatic carbocycles. The molecule has 0 saturated carbocycles. The zero-order valence-electron chi connectivity index (χ0n) is 11.2. The lowest BCUT2D eigenvalue weighted by atomic mass is 9.92. The van der Waals surface area contributed by atoms with Crippen molar-refractivity contribution in [2.45, 2.75) is 51.7 Å². The van der Waals surface area contributed by atoms with E-state index in [1.165, 1.54) is 5.56 Å². The Morgan fingerprint density at radius 1 is 1.50 bits per heavy atom. The van der Waals surface area contributed by atoms with E-state index in [9.17, 15) is 4.79 Å². The van der Waals surface area contributed by atoms with Gasteiger partial charge in [-0.05, 0) is 51.7 Å². The van der Waals surface area contributed by atoms with Gasteiger partial charge in [-0.2, -0.15) is 0 Å². The molecule has 0 bridgehead atoms. The Bertz CT molecular complexity index is 438. The van der Waals surface area contributed by atoms with Crippen LogP contribution in [0.15, 0.2) is 18.3 Å². The van der Waals surface area contributed by atoms with Crippen LogP contribution in [0.2, 0.25) is 0 Å². The maximum atomic E-state index is 11.8. The summed E-state index contributed by atoms with van der Waals surface area (Å²) in [5.74, 6) is 0. The molecule has 0 saturated heterocycles. The molecule has 0 radical (unpaired) electrons. The van der Waals surface area contributed by atoms with Gasteiger partial charge in [0.2, 0.25) is 0 Å². The fourth-order valence-corrected chi connectivity index (χ4v) is 2.20. The van der Waals surface area contributed by atoms with Gasteiger partial charge in [-0.25, -0.2) is 4.79 Å². The van der Waals surface area contributed by atoms with Gasteiger partial charge in [0.1, 0.15) is 5.60 Å². The number of carbonyl (C=O) groups is 1. The summed E-state index contributed by atoms with van der Waals surface area (Å²) in [6.07, 6.45) is 4.43. The molecule has 1 aromatic heterocycles. The second-order valence-electron chi connectivity index (χ2n) is 5.64. The van der Waals surface area contributed by atoms with Crippen LogP contribution in [0, 0.1) is 0 Å². The number of nitrogens with zero attached hydrogens (tertiary/aromatic N) is 1. The summed E-state index contributed by atoms with van der Waals surface area (Å²) in [6, 6.07) is 3.99. The lowest BCUT2D eigenvalue weighted by Crippen LogP contribution is -2.36. The van der Waals surface area contributed by atoms with Crippen LogP contribution in [-0.2, 0) is 11.2 Å². The summed E-state index contributed by atoms with van der Waals surface area (Å²) in [5.41, 5.74) is 1.74. The molecule has 4 nitrogen and oxygen atoms in total. The highest BCUT2D eigenvalue weighted by Crippen LogP contribution is 2.27. The first-order valence-corrected chi connectivity index (χ1v) is 6.39. The highest BCUT2D eigenvalue weighted by Gasteiger charge is 2.25. The van der Waals surface area contributed by atoms with Crippen LogP contribution in [0.3, 0.4) is 0 Å². The number of fused-ring (bicyclic) bond motifs is 1. The fourth-order valence-electron chi connectivity index (χ4n) is 2.20. The Hall–Kier alpha value is -1.58. The maximum Gasteiger partial charge on any atom is 0.408 e. The van der Waals surface area contributed by atoms with E-state index in [1.807, 2.05) is 26.8 Å². The van der Waals surface area contributed by atoms with Gasteiger partial charge < -0.3 is 10.1 Å². The predicted octanol–water partition coefficient (Wildman–Crippen LogP) is 2.98. The number of ether oxygens (including phenoxy) is 1. The van der Waals surface area contributed by atoms with E-state index in [1.54, 1.807) is 6.20 Å². The van der Waals surface area contributed by atoms with E-state index in [2.05, 4.69) is 16.4 Å². The van der Waals surface area contributed by atoms with Gasteiger partial charge in [0.25, 0.3) is 0 Å². The summed E-state index contributed by atoms with van der Waals surface area (Å²) in [6.45, 7) is 5.58. The minimum Gasteiger partial charge on any atom is -0.444 e. The summed E-state index contributed by atoms with van der Waals surface area (Å²) < 4.78 is 5.28. The number of amides is 1. The lowest BCUT2D eigenvalue weighted by Gasteiger charge is -2.27. The Kier molecular flexibility index (Phi) is 3.55. The second-order valence-corrected chi connectivity index (χ2v) is 5.64. The first-order valence-electron chi connectivity index (χ1n) is 6.39. The van der Waals surface area contributed by atoms with Crippen molar-refractivity contribution in [3.05, 3.63) is 29.6 Å². The average Bonchev–Trinajstić information content (AvgIpc) is 2.27. The van der Waals surface area contributed by atoms with Crippen molar-refractivity contribution in [1.29, 1.82) is 0 Å². The van der Waals surface area contributed by atoms with Gasteiger partial charge in [-0.1, -0.05) is 6.07 Å². The molecule has 98 valence electrons. The number of hydrogen-bond donors (Lipinski definition) is 1. The third-order valence-electron chi connectivity index (χ3n) is 2.89. The molecule has 0 unspecified atom stereocenters. The number of alkyl carbamates (subject to hydrolysis) is 1. The van der Waals surface area contributed by atoms with Crippen molar-refractivity contribution in [3.63, 3.8) is 0 Å². The molecule has 1 atom stereocenters. The average molecular weight is 248 g/mol. The highest BCUT2D eigenvalue weighted by atomic mass is 16.6. The number of pyridine rings is 1. The molecule has 1 aliphatic carbocycles. The molecule has 0 spiro atoms. The lowest BCUT2D eigenvalue weighted by molar-refractivity contribution is 0.0497. The molecule has 2 rings (SSSR count). The first kappa shape index (κ1) is 12.9. The SMILES string of the molecule is CC(C)(C)OC(=O)N[C@H]1CCCc2cccnc21. The maximum absolute atomic E-state index is 11.8. The number of hydrogen-bond acceptors (Lipinski definition) is 3. The van der Waals surface area contributed by atoms with Crippen LogP contribution in [-0.4, -0.2) is 16.7 Å². The van der Waals surface area contributed by atoms with Crippen molar-refractivity contribution in [3.8, 4) is 0 Å². The van der Waals surface area contributed by atoms with E-state index in [4.69, 9.17) is 4.74 Å². The summed E-state index contributed by atoms with van der Waals surface area (Å²) in [7, 11) is 0. The third-order valence-corrected chi connectivity index (χ3v) is 2.89. The topological polar surface area (TPSA) is 51.2 Å². The number of nitrogens with one attached hydrogen (secondary N) is 1. The van der Waals surface area contributed by atoms with Crippen molar-refractivity contribution in [2.75, 3.05) is 0 Å². The second kappa shape index (κ2) is 4.96. The molecule has 4 heteroatoms. The largest absolute Gasteiger partial charge is 0.444 e. The van der Waals surface area contributed by atoms with Crippen molar-refractivity contribution in [2.24, 2.45) is 0 Å². The number of rotatable bonds is 1. The quantitative estimate of drug-likeness (QED) is 0.831. The Morgan fingerprint density at radius 3 is 3.00 bits per heavy atom. The number of carbonyl (C=O) groups excluding carboxylic acids is 1. The van der Waals surface area contributed by atoms with Gasteiger partial charge in [0.15, 0.2) is 0 Å². The first-order chi connectivity index (χ1) is 8.46. The molecule has 1 heterocycles. The van der Waals surface area contributed by atoms with Crippen LogP contribution in [0.1, 0.15) is 50.9 Å². The Labute approximate surface area is 108 Å². The van der Waals surface area contributed by atoms with Gasteiger partial charge >= 0.3 is 6.09 Å². The van der Waals surface area contributed by atoms with Crippen LogP contribution >= 0.6 is 0 Å². The van der Waals surface area contributed by atoms with Crippen LogP contribution < -0.4 is 5.32 Å². The molecular weight excluding hydrogens is 228 g/mol. The van der Waals surface area contributed by atoms with E-state index in [-0.39, 0.29) is 12.1 Å². The normalized spacial score (nSPS) is 18.9. The molecule has 1 aromatic rings. The zero-order valence-corrected chi connectivity index (χ0v) is 11.2. The monoisotopic (exact) mass is 248 g/mol. The standard InChI is InChI=1S/C14H20N2O2/c1-14(2,3)18-13(17)16-11-8-4-6-10-7-5-9-15-12(10)11/h5,7,9,11H,4,6,8H2,1-3H3,(H,16,17)/t11-/m0/s1. The Morgan fingerprint density at radius 2 is 2.28 bits per heavy atom. The molecular formula is C14H20N2O2. The van der Waals surface area contributed by atoms with Gasteiger partial charge in [0.05, 0.1) is 11.7 Å². The molecule has 1 amide bonds. The minimum atomic E-state index is -0.467. The molecule has 1 aliphatic rings. The summed E-state index contributed by atoms with van der Waals surface area (Å²) in [4.78, 5) is 16.2. The van der Waals surface area contributed by atoms with E-state index >= 15 is 0 Å². The van der Waals surface area contributed by atoms with Crippen molar-refractivity contribution >= 4 is 6.09 Å². The van der Waals surface area contributed by atoms with E-state index in [0.29, 0.717) is 0 Å². The molecule has 18 heavy (non-hydrogen) atoms. The number of aromatic nitrogens is 1. The third kappa shape index (κ3) is 3.22. The van der Waals surface area contributed by atoms with Crippen LogP contribution in [0.25, 0.3) is 0 Å².